The molecule has 9 heteroatoms. The van der Waals surface area contributed by atoms with Gasteiger partial charge < -0.3 is 5.32 Å². The first-order valence-electron chi connectivity index (χ1n) is 9.32. The van der Waals surface area contributed by atoms with Crippen molar-refractivity contribution in [2.75, 3.05) is 12.4 Å². The minimum Gasteiger partial charge on any atom is -0.373 e. The summed E-state index contributed by atoms with van der Waals surface area (Å²) in [5, 5.41) is 8.32. The number of anilines is 1. The van der Waals surface area contributed by atoms with Gasteiger partial charge in [-0.2, -0.15) is 5.10 Å². The number of fused-ring (bicyclic) bond motifs is 3. The van der Waals surface area contributed by atoms with E-state index in [2.05, 4.69) is 20.4 Å². The Kier molecular flexibility index (Phi) is 4.11. The van der Waals surface area contributed by atoms with Crippen molar-refractivity contribution in [3.8, 4) is 16.8 Å². The molecular formula is C21H18ClN7O. The average Bonchev–Trinajstić information content (AvgIpc) is 3.22. The quantitative estimate of drug-likeness (QED) is 0.485. The number of imidazole rings is 1. The molecule has 5 aromatic rings. The monoisotopic (exact) mass is 419 g/mol. The molecule has 0 aliphatic heterocycles. The highest BCUT2D eigenvalue weighted by molar-refractivity contribution is 6.31. The molecule has 150 valence electrons. The first-order valence-corrected chi connectivity index (χ1v) is 9.69. The normalized spacial score (nSPS) is 11.5. The van der Waals surface area contributed by atoms with Gasteiger partial charge in [0.2, 0.25) is 0 Å². The van der Waals surface area contributed by atoms with Gasteiger partial charge in [0.25, 0.3) is 0 Å². The number of pyridine rings is 2. The second-order valence-electron chi connectivity index (χ2n) is 7.06. The lowest BCUT2D eigenvalue weighted by Crippen LogP contribution is -2.20. The van der Waals surface area contributed by atoms with Crippen LogP contribution < -0.4 is 11.0 Å². The van der Waals surface area contributed by atoms with Gasteiger partial charge in [0.1, 0.15) is 11.5 Å². The predicted molar refractivity (Wildman–Crippen MR) is 118 cm³/mol. The van der Waals surface area contributed by atoms with Crippen molar-refractivity contribution in [1.29, 1.82) is 0 Å². The van der Waals surface area contributed by atoms with Gasteiger partial charge in [0, 0.05) is 38.3 Å². The van der Waals surface area contributed by atoms with Gasteiger partial charge in [0.05, 0.1) is 28.9 Å². The fourth-order valence-corrected chi connectivity index (χ4v) is 3.96. The topological polar surface area (TPSA) is 82.6 Å². The van der Waals surface area contributed by atoms with Crippen LogP contribution in [0.1, 0.15) is 0 Å². The molecule has 0 saturated heterocycles. The third-order valence-electron chi connectivity index (χ3n) is 5.24. The lowest BCUT2D eigenvalue weighted by Gasteiger charge is -2.08. The van der Waals surface area contributed by atoms with Crippen LogP contribution in [0.4, 0.5) is 5.82 Å². The number of aryl methyl sites for hydroxylation is 2. The second-order valence-corrected chi connectivity index (χ2v) is 7.42. The van der Waals surface area contributed by atoms with Crippen molar-refractivity contribution in [2.24, 2.45) is 14.1 Å². The number of benzene rings is 1. The van der Waals surface area contributed by atoms with Gasteiger partial charge in [0.15, 0.2) is 5.15 Å². The Balaban J connectivity index is 1.84. The molecule has 0 atom stereocenters. The molecule has 5 rings (SSSR count). The van der Waals surface area contributed by atoms with Gasteiger partial charge >= 0.3 is 5.69 Å². The third-order valence-corrected chi connectivity index (χ3v) is 5.51. The van der Waals surface area contributed by atoms with Gasteiger partial charge in [-0.25, -0.2) is 9.78 Å². The highest BCUT2D eigenvalue weighted by atomic mass is 35.5. The average molecular weight is 420 g/mol. The summed E-state index contributed by atoms with van der Waals surface area (Å²) in [7, 11) is 5.33. The number of rotatable bonds is 3. The Bertz CT molecular complexity index is 1480. The van der Waals surface area contributed by atoms with Crippen LogP contribution in [0.25, 0.3) is 38.8 Å². The second kappa shape index (κ2) is 6.70. The number of halogens is 1. The van der Waals surface area contributed by atoms with Crippen LogP contribution in [-0.4, -0.2) is 35.9 Å². The van der Waals surface area contributed by atoms with Crippen molar-refractivity contribution >= 4 is 39.4 Å². The standard InChI is InChI=1S/C21H18ClN7O/c1-23-18-7-5-13(9-25-18)12-4-6-15-14(8-12)19-16(10-24-15)28(3)21(30)29(19)17-11-27(2)26-20(17)22/h4-11H,1-3H3,(H,23,25). The van der Waals surface area contributed by atoms with Crippen LogP contribution >= 0.6 is 11.6 Å². The molecule has 0 aliphatic rings. The Morgan fingerprint density at radius 3 is 2.50 bits per heavy atom. The van der Waals surface area contributed by atoms with Crippen LogP contribution in [0.2, 0.25) is 5.15 Å². The molecule has 8 nitrogen and oxygen atoms in total. The van der Waals surface area contributed by atoms with Crippen LogP contribution in [0.15, 0.2) is 53.7 Å². The fraction of sp³-hybridized carbons (Fsp3) is 0.143. The maximum absolute atomic E-state index is 13.1. The number of hydrogen-bond donors (Lipinski definition) is 1. The van der Waals surface area contributed by atoms with E-state index in [-0.39, 0.29) is 10.8 Å². The highest BCUT2D eigenvalue weighted by Crippen LogP contribution is 2.31. The van der Waals surface area contributed by atoms with Crippen molar-refractivity contribution in [2.45, 2.75) is 0 Å². The Labute approximate surface area is 176 Å². The summed E-state index contributed by atoms with van der Waals surface area (Å²) in [4.78, 5) is 22.1. The van der Waals surface area contributed by atoms with E-state index in [1.807, 2.05) is 43.6 Å². The maximum Gasteiger partial charge on any atom is 0.333 e. The van der Waals surface area contributed by atoms with Crippen LogP contribution in [0, 0.1) is 0 Å². The van der Waals surface area contributed by atoms with E-state index in [0.29, 0.717) is 11.2 Å². The predicted octanol–water partition coefficient (Wildman–Crippen LogP) is 3.37. The zero-order valence-electron chi connectivity index (χ0n) is 16.6. The molecule has 0 saturated carbocycles. The lowest BCUT2D eigenvalue weighted by atomic mass is 10.0. The molecule has 0 bridgehead atoms. The SMILES string of the molecule is CNc1ccc(-c2ccc3ncc4c(c3c2)n(-c2cn(C)nc2Cl)c(=O)n4C)cn1. The van der Waals surface area contributed by atoms with Gasteiger partial charge in [-0.3, -0.25) is 18.8 Å². The molecule has 4 aromatic heterocycles. The Hall–Kier alpha value is -3.65. The summed E-state index contributed by atoms with van der Waals surface area (Å²) in [6.07, 6.45) is 5.26. The number of nitrogens with zero attached hydrogens (tertiary/aromatic N) is 6. The molecule has 0 spiro atoms. The number of nitrogens with one attached hydrogen (secondary N) is 1. The summed E-state index contributed by atoms with van der Waals surface area (Å²) >= 11 is 6.34. The molecule has 4 heterocycles. The summed E-state index contributed by atoms with van der Waals surface area (Å²) in [6, 6.07) is 9.90. The molecular weight excluding hydrogens is 402 g/mol. The molecule has 0 unspecified atom stereocenters. The summed E-state index contributed by atoms with van der Waals surface area (Å²) in [5.41, 5.74) is 4.51. The van der Waals surface area contributed by atoms with Crippen molar-refractivity contribution in [3.05, 3.63) is 64.6 Å². The minimum absolute atomic E-state index is 0.209. The molecule has 1 aromatic carbocycles. The molecule has 30 heavy (non-hydrogen) atoms. The van der Waals surface area contributed by atoms with Crippen LogP contribution in [-0.2, 0) is 14.1 Å². The summed E-state index contributed by atoms with van der Waals surface area (Å²) in [6.45, 7) is 0. The maximum atomic E-state index is 13.1. The van der Waals surface area contributed by atoms with E-state index in [1.54, 1.807) is 40.3 Å². The van der Waals surface area contributed by atoms with Crippen LogP contribution in [0.5, 0.6) is 0 Å². The lowest BCUT2D eigenvalue weighted by molar-refractivity contribution is 0.767. The van der Waals surface area contributed by atoms with Crippen molar-refractivity contribution < 1.29 is 0 Å². The van der Waals surface area contributed by atoms with E-state index in [0.717, 1.165) is 33.4 Å². The van der Waals surface area contributed by atoms with Crippen molar-refractivity contribution in [3.63, 3.8) is 0 Å². The molecule has 0 amide bonds. The fourth-order valence-electron chi connectivity index (χ4n) is 3.71. The summed E-state index contributed by atoms with van der Waals surface area (Å²) in [5.74, 6) is 0.798. The van der Waals surface area contributed by atoms with Gasteiger partial charge in [-0.05, 0) is 29.8 Å². The van der Waals surface area contributed by atoms with Crippen molar-refractivity contribution in [1.82, 2.24) is 28.9 Å². The first-order chi connectivity index (χ1) is 14.5. The molecule has 0 radical (unpaired) electrons. The van der Waals surface area contributed by atoms with E-state index in [1.165, 1.54) is 0 Å². The zero-order chi connectivity index (χ0) is 21.0. The van der Waals surface area contributed by atoms with E-state index < -0.39 is 0 Å². The number of hydrogen-bond acceptors (Lipinski definition) is 5. The minimum atomic E-state index is -0.209. The van der Waals surface area contributed by atoms with E-state index in [4.69, 9.17) is 11.6 Å². The summed E-state index contributed by atoms with van der Waals surface area (Å²) < 4.78 is 4.76. The van der Waals surface area contributed by atoms with E-state index in [9.17, 15) is 4.79 Å². The highest BCUT2D eigenvalue weighted by Gasteiger charge is 2.20. The van der Waals surface area contributed by atoms with Gasteiger partial charge in [-0.15, -0.1) is 0 Å². The Morgan fingerprint density at radius 1 is 1.03 bits per heavy atom. The first kappa shape index (κ1) is 18.4. The van der Waals surface area contributed by atoms with Gasteiger partial charge in [-0.1, -0.05) is 17.7 Å². The van der Waals surface area contributed by atoms with Crippen LogP contribution in [0.3, 0.4) is 0 Å². The zero-order valence-corrected chi connectivity index (χ0v) is 17.3. The molecule has 1 N–H and O–H groups in total. The van der Waals surface area contributed by atoms with E-state index >= 15 is 0 Å². The number of aromatic nitrogens is 6. The molecule has 0 aliphatic carbocycles. The largest absolute Gasteiger partial charge is 0.373 e. The smallest absolute Gasteiger partial charge is 0.333 e. The molecule has 0 fully saturated rings. The third kappa shape index (κ3) is 2.68. The Morgan fingerprint density at radius 2 is 1.83 bits per heavy atom.